The van der Waals surface area contributed by atoms with E-state index in [1.54, 1.807) is 0 Å². The minimum Gasteiger partial charge on any atom is -0.444 e. The van der Waals surface area contributed by atoms with Gasteiger partial charge in [0.1, 0.15) is 5.60 Å². The minimum absolute atomic E-state index is 0.0771. The molecule has 1 amide bonds. The maximum Gasteiger partial charge on any atom is 0.410 e. The molecule has 24 heavy (non-hydrogen) atoms. The molecule has 1 aliphatic heterocycles. The zero-order valence-corrected chi connectivity index (χ0v) is 15.5. The summed E-state index contributed by atoms with van der Waals surface area (Å²) in [5.41, 5.74) is 0.663. The average Bonchev–Trinajstić information content (AvgIpc) is 3.04. The molecule has 2 rings (SSSR count). The van der Waals surface area contributed by atoms with Crippen molar-refractivity contribution in [2.75, 3.05) is 13.2 Å². The molecule has 0 unspecified atom stereocenters. The molecule has 1 N–H and O–H groups in total. The average molecular weight is 336 g/mol. The van der Waals surface area contributed by atoms with Gasteiger partial charge < -0.3 is 19.4 Å². The van der Waals surface area contributed by atoms with Crippen molar-refractivity contribution in [1.82, 2.24) is 9.88 Å². The van der Waals surface area contributed by atoms with Gasteiger partial charge in [-0.05, 0) is 71.9 Å². The van der Waals surface area contributed by atoms with Gasteiger partial charge in [-0.2, -0.15) is 0 Å². The van der Waals surface area contributed by atoms with Gasteiger partial charge in [0.15, 0.2) is 0 Å². The summed E-state index contributed by atoms with van der Waals surface area (Å²) >= 11 is 0. The fourth-order valence-electron chi connectivity index (χ4n) is 3.13. The second-order valence-electron chi connectivity index (χ2n) is 7.60. The first kappa shape index (κ1) is 18.8. The third-order valence-electron chi connectivity index (χ3n) is 4.36. The zero-order chi connectivity index (χ0) is 17.6. The molecular formula is C19H32N2O3. The van der Waals surface area contributed by atoms with Gasteiger partial charge in [-0.1, -0.05) is 0 Å². The molecule has 1 aromatic heterocycles. The Bertz CT molecular complexity index is 493. The summed E-state index contributed by atoms with van der Waals surface area (Å²) in [4.78, 5) is 17.5. The van der Waals surface area contributed by atoms with E-state index in [-0.39, 0.29) is 18.2 Å². The normalized spacial score (nSPS) is 20.0. The number of nitrogens with zero attached hydrogens (tertiary/aromatic N) is 1. The quantitative estimate of drug-likeness (QED) is 0.769. The summed E-state index contributed by atoms with van der Waals surface area (Å²) in [5.74, 6) is 0. The predicted molar refractivity (Wildman–Crippen MR) is 95.0 cm³/mol. The molecule has 0 spiro atoms. The molecule has 1 aliphatic rings. The van der Waals surface area contributed by atoms with E-state index in [4.69, 9.17) is 9.47 Å². The number of likely N-dealkylation sites (tertiary alicyclic amines) is 1. The van der Waals surface area contributed by atoms with E-state index in [0.717, 1.165) is 37.9 Å². The smallest absolute Gasteiger partial charge is 0.410 e. The van der Waals surface area contributed by atoms with E-state index in [1.807, 2.05) is 44.0 Å². The summed E-state index contributed by atoms with van der Waals surface area (Å²) in [6, 6.07) is 4.30. The largest absolute Gasteiger partial charge is 0.444 e. The van der Waals surface area contributed by atoms with Crippen LogP contribution in [-0.2, 0) is 9.47 Å². The van der Waals surface area contributed by atoms with Crippen LogP contribution in [0, 0.1) is 0 Å². The molecule has 1 saturated heterocycles. The number of hydrogen-bond acceptors (Lipinski definition) is 3. The van der Waals surface area contributed by atoms with Gasteiger partial charge in [0.05, 0.1) is 6.10 Å². The molecular weight excluding hydrogens is 304 g/mol. The Kier molecular flexibility index (Phi) is 6.72. The summed E-state index contributed by atoms with van der Waals surface area (Å²) in [5, 5.41) is 0. The van der Waals surface area contributed by atoms with Gasteiger partial charge in [0.2, 0.25) is 0 Å². The van der Waals surface area contributed by atoms with Crippen molar-refractivity contribution in [2.45, 2.75) is 77.5 Å². The van der Waals surface area contributed by atoms with Crippen molar-refractivity contribution in [3.63, 3.8) is 0 Å². The van der Waals surface area contributed by atoms with E-state index in [9.17, 15) is 4.79 Å². The number of aromatic amines is 1. The number of aromatic nitrogens is 1. The van der Waals surface area contributed by atoms with Crippen molar-refractivity contribution >= 4 is 6.09 Å². The lowest BCUT2D eigenvalue weighted by Gasteiger charge is -2.37. The Morgan fingerprint density at radius 3 is 2.88 bits per heavy atom. The molecule has 5 nitrogen and oxygen atoms in total. The van der Waals surface area contributed by atoms with Crippen LogP contribution >= 0.6 is 0 Å². The Balaban J connectivity index is 1.75. The minimum atomic E-state index is -0.437. The second kappa shape index (κ2) is 8.56. The summed E-state index contributed by atoms with van der Waals surface area (Å²) in [7, 11) is 0. The molecule has 136 valence electrons. The molecule has 0 saturated carbocycles. The highest BCUT2D eigenvalue weighted by Gasteiger charge is 2.30. The summed E-state index contributed by atoms with van der Waals surface area (Å²) < 4.78 is 11.4. The number of carbonyl (C=O) groups is 1. The van der Waals surface area contributed by atoms with Crippen LogP contribution < -0.4 is 0 Å². The fraction of sp³-hybridized carbons (Fsp3) is 0.737. The Labute approximate surface area is 145 Å². The predicted octanol–water partition coefficient (Wildman–Crippen LogP) is 4.66. The third-order valence-corrected chi connectivity index (χ3v) is 4.36. The number of nitrogens with one attached hydrogen (secondary N) is 1. The summed E-state index contributed by atoms with van der Waals surface area (Å²) in [6.07, 6.45) is 7.05. The first-order valence-corrected chi connectivity index (χ1v) is 9.11. The Hall–Kier alpha value is -1.49. The molecule has 0 radical (unpaired) electrons. The highest BCUT2D eigenvalue weighted by Crippen LogP contribution is 2.24. The number of hydrogen-bond donors (Lipinski definition) is 1. The van der Waals surface area contributed by atoms with Crippen molar-refractivity contribution in [2.24, 2.45) is 0 Å². The molecule has 1 fully saturated rings. The number of ether oxygens (including phenoxy) is 2. The highest BCUT2D eigenvalue weighted by atomic mass is 16.6. The molecule has 1 aromatic rings. The van der Waals surface area contributed by atoms with E-state index in [2.05, 4.69) is 11.9 Å². The van der Waals surface area contributed by atoms with E-state index in [1.165, 1.54) is 6.42 Å². The van der Waals surface area contributed by atoms with Crippen molar-refractivity contribution in [3.8, 4) is 0 Å². The lowest BCUT2D eigenvalue weighted by atomic mass is 9.98. The molecule has 2 heterocycles. The van der Waals surface area contributed by atoms with Gasteiger partial charge in [-0.25, -0.2) is 4.79 Å². The Morgan fingerprint density at radius 1 is 1.42 bits per heavy atom. The SMILES string of the molecule is C[C@@H](OCCC[C@@H]1CCCCN1C(=O)OC(C)(C)C)c1ccc[nH]1. The fourth-order valence-corrected chi connectivity index (χ4v) is 3.13. The number of carbonyl (C=O) groups excluding carboxylic acids is 1. The van der Waals surface area contributed by atoms with Crippen LogP contribution in [0.4, 0.5) is 4.79 Å². The maximum atomic E-state index is 12.4. The number of rotatable bonds is 6. The third kappa shape index (κ3) is 5.86. The van der Waals surface area contributed by atoms with E-state index < -0.39 is 5.60 Å². The zero-order valence-electron chi connectivity index (χ0n) is 15.5. The number of amides is 1. The highest BCUT2D eigenvalue weighted by molar-refractivity contribution is 5.68. The molecule has 0 bridgehead atoms. The van der Waals surface area contributed by atoms with Crippen molar-refractivity contribution in [1.29, 1.82) is 0 Å². The van der Waals surface area contributed by atoms with Crippen LogP contribution in [0.15, 0.2) is 18.3 Å². The van der Waals surface area contributed by atoms with Gasteiger partial charge in [0.25, 0.3) is 0 Å². The topological polar surface area (TPSA) is 54.6 Å². The Morgan fingerprint density at radius 2 is 2.21 bits per heavy atom. The van der Waals surface area contributed by atoms with Crippen molar-refractivity contribution in [3.05, 3.63) is 24.0 Å². The van der Waals surface area contributed by atoms with Crippen LogP contribution in [0.25, 0.3) is 0 Å². The molecule has 2 atom stereocenters. The maximum absolute atomic E-state index is 12.4. The lowest BCUT2D eigenvalue weighted by Crippen LogP contribution is -2.46. The van der Waals surface area contributed by atoms with Crippen LogP contribution in [0.3, 0.4) is 0 Å². The van der Waals surface area contributed by atoms with Gasteiger partial charge in [-0.15, -0.1) is 0 Å². The second-order valence-corrected chi connectivity index (χ2v) is 7.60. The van der Waals surface area contributed by atoms with Crippen LogP contribution in [-0.4, -0.2) is 40.8 Å². The molecule has 5 heteroatoms. The summed E-state index contributed by atoms with van der Waals surface area (Å²) in [6.45, 7) is 9.32. The van der Waals surface area contributed by atoms with E-state index >= 15 is 0 Å². The van der Waals surface area contributed by atoms with Gasteiger partial charge in [-0.3, -0.25) is 0 Å². The van der Waals surface area contributed by atoms with Crippen LogP contribution in [0.2, 0.25) is 0 Å². The molecule has 0 aliphatic carbocycles. The number of piperidine rings is 1. The molecule has 0 aromatic carbocycles. The monoisotopic (exact) mass is 336 g/mol. The first-order chi connectivity index (χ1) is 11.4. The van der Waals surface area contributed by atoms with Crippen LogP contribution in [0.1, 0.15) is 71.6 Å². The first-order valence-electron chi connectivity index (χ1n) is 9.11. The van der Waals surface area contributed by atoms with Crippen molar-refractivity contribution < 1.29 is 14.3 Å². The van der Waals surface area contributed by atoms with Gasteiger partial charge in [0, 0.05) is 31.1 Å². The number of H-pyrrole nitrogens is 1. The van der Waals surface area contributed by atoms with E-state index in [0.29, 0.717) is 6.61 Å². The standard InChI is InChI=1S/C19H32N2O3/c1-15(17-11-7-12-20-17)23-14-8-10-16-9-5-6-13-21(16)18(22)24-19(2,3)4/h7,11-12,15-16,20H,5-6,8-10,13-14H2,1-4H3/t15-,16+/m1/s1. The van der Waals surface area contributed by atoms with Crippen LogP contribution in [0.5, 0.6) is 0 Å². The lowest BCUT2D eigenvalue weighted by molar-refractivity contribution is 0.00583. The van der Waals surface area contributed by atoms with Gasteiger partial charge >= 0.3 is 6.09 Å².